The van der Waals surface area contributed by atoms with Gasteiger partial charge in [-0.15, -0.1) is 11.3 Å². The molecule has 7 heteroatoms. The zero-order valence-corrected chi connectivity index (χ0v) is 18.6. The average molecular weight is 450 g/mol. The topological polar surface area (TPSA) is 70.7 Å². The molecule has 0 aliphatic carbocycles. The summed E-state index contributed by atoms with van der Waals surface area (Å²) in [6.07, 6.45) is 2.24. The lowest BCUT2D eigenvalue weighted by Crippen LogP contribution is -2.38. The van der Waals surface area contributed by atoms with E-state index in [-0.39, 0.29) is 24.5 Å². The second kappa shape index (κ2) is 11.0. The number of nitrogens with zero attached hydrogens (tertiary/aromatic N) is 1. The van der Waals surface area contributed by atoms with E-state index in [1.54, 1.807) is 29.5 Å². The standard InChI is InChI=1S/C25H27N3O3S/c29-24(18-28(16-20-10-6-14-31-20)17-21-11-7-15-32-21)27-23-13-5-4-12-22(23)25(30)26-19-8-2-1-3-9-19/h1-5,7-9,11-13,15,20H,6,10,14,16-18H2,(H,26,30)(H,27,29). The van der Waals surface area contributed by atoms with Crippen molar-refractivity contribution in [2.75, 3.05) is 30.3 Å². The lowest BCUT2D eigenvalue weighted by molar-refractivity contribution is -0.117. The van der Waals surface area contributed by atoms with Gasteiger partial charge in [0.25, 0.3) is 5.91 Å². The summed E-state index contributed by atoms with van der Waals surface area (Å²) in [7, 11) is 0. The van der Waals surface area contributed by atoms with Crippen LogP contribution >= 0.6 is 11.3 Å². The van der Waals surface area contributed by atoms with Crippen LogP contribution in [0.4, 0.5) is 11.4 Å². The molecule has 0 spiro atoms. The molecule has 166 valence electrons. The molecule has 4 rings (SSSR count). The third-order valence-electron chi connectivity index (χ3n) is 5.29. The minimum absolute atomic E-state index is 0.153. The number of nitrogens with one attached hydrogen (secondary N) is 2. The average Bonchev–Trinajstić information content (AvgIpc) is 3.49. The van der Waals surface area contributed by atoms with Crippen LogP contribution in [0.25, 0.3) is 0 Å². The maximum Gasteiger partial charge on any atom is 0.257 e. The Balaban J connectivity index is 1.42. The van der Waals surface area contributed by atoms with E-state index in [0.717, 1.165) is 19.4 Å². The highest BCUT2D eigenvalue weighted by molar-refractivity contribution is 7.09. The van der Waals surface area contributed by atoms with Gasteiger partial charge >= 0.3 is 0 Å². The lowest BCUT2D eigenvalue weighted by Gasteiger charge is -2.24. The molecule has 1 atom stereocenters. The van der Waals surface area contributed by atoms with Crippen LogP contribution in [0.15, 0.2) is 72.1 Å². The zero-order chi connectivity index (χ0) is 22.2. The number of thiophene rings is 1. The number of para-hydroxylation sites is 2. The normalized spacial score (nSPS) is 15.6. The molecule has 1 fully saturated rings. The summed E-state index contributed by atoms with van der Waals surface area (Å²) in [5.41, 5.74) is 1.63. The largest absolute Gasteiger partial charge is 0.377 e. The molecular formula is C25H27N3O3S. The van der Waals surface area contributed by atoms with Crippen LogP contribution in [-0.2, 0) is 16.1 Å². The van der Waals surface area contributed by atoms with Gasteiger partial charge in [0.2, 0.25) is 5.91 Å². The van der Waals surface area contributed by atoms with Gasteiger partial charge in [0.1, 0.15) is 0 Å². The summed E-state index contributed by atoms with van der Waals surface area (Å²) in [6.45, 7) is 2.42. The minimum Gasteiger partial charge on any atom is -0.377 e. The van der Waals surface area contributed by atoms with Crippen molar-refractivity contribution in [2.45, 2.75) is 25.5 Å². The van der Waals surface area contributed by atoms with Crippen LogP contribution in [-0.4, -0.2) is 42.5 Å². The number of hydrogen-bond acceptors (Lipinski definition) is 5. The number of amides is 2. The van der Waals surface area contributed by atoms with Crippen LogP contribution in [0.1, 0.15) is 28.1 Å². The van der Waals surface area contributed by atoms with Crippen molar-refractivity contribution in [1.29, 1.82) is 0 Å². The van der Waals surface area contributed by atoms with Gasteiger partial charge in [-0.3, -0.25) is 14.5 Å². The molecule has 3 aromatic rings. The molecule has 1 unspecified atom stereocenters. The molecule has 2 amide bonds. The summed E-state index contributed by atoms with van der Waals surface area (Å²) >= 11 is 1.68. The maximum absolute atomic E-state index is 12.9. The Labute approximate surface area is 192 Å². The molecule has 1 aromatic heterocycles. The highest BCUT2D eigenvalue weighted by Crippen LogP contribution is 2.19. The Morgan fingerprint density at radius 2 is 1.81 bits per heavy atom. The van der Waals surface area contributed by atoms with Crippen molar-refractivity contribution >= 4 is 34.5 Å². The van der Waals surface area contributed by atoms with E-state index in [4.69, 9.17) is 4.74 Å². The number of carbonyl (C=O) groups is 2. The number of ether oxygens (including phenoxy) is 1. The fourth-order valence-corrected chi connectivity index (χ4v) is 4.53. The van der Waals surface area contributed by atoms with Gasteiger partial charge < -0.3 is 15.4 Å². The molecular weight excluding hydrogens is 422 g/mol. The Morgan fingerprint density at radius 1 is 1.00 bits per heavy atom. The summed E-state index contributed by atoms with van der Waals surface area (Å²) in [6, 6.07) is 20.4. The van der Waals surface area contributed by atoms with Gasteiger partial charge in [-0.05, 0) is 48.6 Å². The molecule has 0 saturated carbocycles. The molecule has 0 radical (unpaired) electrons. The Hall–Kier alpha value is -3.00. The van der Waals surface area contributed by atoms with Gasteiger partial charge in [0.15, 0.2) is 0 Å². The molecule has 2 aromatic carbocycles. The van der Waals surface area contributed by atoms with Crippen molar-refractivity contribution in [3.05, 3.63) is 82.6 Å². The first-order valence-electron chi connectivity index (χ1n) is 10.8. The van der Waals surface area contributed by atoms with Gasteiger partial charge in [-0.25, -0.2) is 0 Å². The maximum atomic E-state index is 12.9. The molecule has 2 N–H and O–H groups in total. The Bertz CT molecular complexity index is 1020. The number of rotatable bonds is 9. The van der Waals surface area contributed by atoms with Crippen LogP contribution in [0.5, 0.6) is 0 Å². The predicted molar refractivity (Wildman–Crippen MR) is 128 cm³/mol. The zero-order valence-electron chi connectivity index (χ0n) is 17.8. The summed E-state index contributed by atoms with van der Waals surface area (Å²) in [5, 5.41) is 7.85. The molecule has 0 bridgehead atoms. The van der Waals surface area contributed by atoms with E-state index in [1.807, 2.05) is 47.8 Å². The van der Waals surface area contributed by atoms with E-state index in [1.165, 1.54) is 4.88 Å². The first-order chi connectivity index (χ1) is 15.7. The van der Waals surface area contributed by atoms with Gasteiger partial charge in [0, 0.05) is 30.3 Å². The molecule has 1 aliphatic rings. The third-order valence-corrected chi connectivity index (χ3v) is 6.15. The highest BCUT2D eigenvalue weighted by atomic mass is 32.1. The van der Waals surface area contributed by atoms with E-state index in [2.05, 4.69) is 21.6 Å². The molecule has 1 aliphatic heterocycles. The van der Waals surface area contributed by atoms with Crippen molar-refractivity contribution in [2.24, 2.45) is 0 Å². The van der Waals surface area contributed by atoms with E-state index < -0.39 is 0 Å². The Morgan fingerprint density at radius 3 is 2.56 bits per heavy atom. The third kappa shape index (κ3) is 6.26. The summed E-state index contributed by atoms with van der Waals surface area (Å²) in [5.74, 6) is -0.415. The van der Waals surface area contributed by atoms with Crippen molar-refractivity contribution < 1.29 is 14.3 Å². The van der Waals surface area contributed by atoms with Gasteiger partial charge in [0.05, 0.1) is 23.9 Å². The smallest absolute Gasteiger partial charge is 0.257 e. The fourth-order valence-electron chi connectivity index (χ4n) is 3.79. The lowest BCUT2D eigenvalue weighted by atomic mass is 10.1. The highest BCUT2D eigenvalue weighted by Gasteiger charge is 2.22. The second-order valence-corrected chi connectivity index (χ2v) is 8.83. The van der Waals surface area contributed by atoms with E-state index >= 15 is 0 Å². The van der Waals surface area contributed by atoms with Crippen molar-refractivity contribution in [3.8, 4) is 0 Å². The summed E-state index contributed by atoms with van der Waals surface area (Å²) < 4.78 is 5.79. The number of hydrogen-bond donors (Lipinski definition) is 2. The van der Waals surface area contributed by atoms with E-state index in [0.29, 0.717) is 30.0 Å². The van der Waals surface area contributed by atoms with Crippen molar-refractivity contribution in [3.63, 3.8) is 0 Å². The number of carbonyl (C=O) groups excluding carboxylic acids is 2. The van der Waals surface area contributed by atoms with Crippen LogP contribution in [0, 0.1) is 0 Å². The Kier molecular flexibility index (Phi) is 7.66. The first-order valence-corrected chi connectivity index (χ1v) is 11.7. The van der Waals surface area contributed by atoms with Crippen LogP contribution in [0.3, 0.4) is 0 Å². The SMILES string of the molecule is O=C(CN(Cc1cccs1)CC1CCCO1)Nc1ccccc1C(=O)Nc1ccccc1. The molecule has 32 heavy (non-hydrogen) atoms. The van der Waals surface area contributed by atoms with Gasteiger partial charge in [-0.2, -0.15) is 0 Å². The number of benzene rings is 2. The summed E-state index contributed by atoms with van der Waals surface area (Å²) in [4.78, 5) is 29.1. The molecule has 1 saturated heterocycles. The fraction of sp³-hybridized carbons (Fsp3) is 0.280. The number of anilines is 2. The monoisotopic (exact) mass is 449 g/mol. The first kappa shape index (κ1) is 22.2. The van der Waals surface area contributed by atoms with Crippen LogP contribution in [0.2, 0.25) is 0 Å². The van der Waals surface area contributed by atoms with E-state index in [9.17, 15) is 9.59 Å². The van der Waals surface area contributed by atoms with Crippen LogP contribution < -0.4 is 10.6 Å². The second-order valence-electron chi connectivity index (χ2n) is 7.80. The predicted octanol–water partition coefficient (Wildman–Crippen LogP) is 4.62. The minimum atomic E-state index is -0.262. The quantitative estimate of drug-likeness (QED) is 0.500. The van der Waals surface area contributed by atoms with Gasteiger partial charge in [-0.1, -0.05) is 36.4 Å². The molecule has 6 nitrogen and oxygen atoms in total. The van der Waals surface area contributed by atoms with Crippen molar-refractivity contribution in [1.82, 2.24) is 4.90 Å². The molecule has 2 heterocycles.